The molecule has 0 saturated carbocycles. The minimum atomic E-state index is -3.16. The van der Waals surface area contributed by atoms with Gasteiger partial charge in [-0.2, -0.15) is 10.4 Å². The summed E-state index contributed by atoms with van der Waals surface area (Å²) in [6.45, 7) is 0. The topological polar surface area (TPSA) is 148 Å². The smallest absolute Gasteiger partial charge is 0.330 e. The van der Waals surface area contributed by atoms with E-state index in [9.17, 15) is 25.4 Å². The van der Waals surface area contributed by atoms with Crippen molar-refractivity contribution in [3.05, 3.63) is 82.9 Å². The molecule has 3 heterocycles. The lowest BCUT2D eigenvalue weighted by Crippen LogP contribution is -2.47. The van der Waals surface area contributed by atoms with Crippen LogP contribution in [0.15, 0.2) is 49.2 Å². The second kappa shape index (κ2) is 8.30. The number of nitrogens with zero attached hydrogens (tertiary/aromatic N) is 6. The summed E-state index contributed by atoms with van der Waals surface area (Å²) in [5.74, 6) is -1.17. The molecule has 10 nitrogen and oxygen atoms in total. The molecule has 4 aromatic rings. The van der Waals surface area contributed by atoms with Crippen molar-refractivity contribution in [1.82, 2.24) is 24.5 Å². The van der Waals surface area contributed by atoms with Crippen molar-refractivity contribution < 1.29 is 24.5 Å². The highest BCUT2D eigenvalue weighted by Gasteiger charge is 2.45. The van der Waals surface area contributed by atoms with Crippen LogP contribution >= 0.6 is 0 Å². The summed E-state index contributed by atoms with van der Waals surface area (Å²) in [7, 11) is 1.30. The number of hydrogen-bond acceptors (Lipinski definition) is 9. The maximum atomic E-state index is 15.0. The van der Waals surface area contributed by atoms with E-state index in [0.717, 1.165) is 4.90 Å². The van der Waals surface area contributed by atoms with Crippen molar-refractivity contribution in [1.29, 1.82) is 5.26 Å². The Morgan fingerprint density at radius 2 is 2.00 bits per heavy atom. The van der Waals surface area contributed by atoms with Crippen molar-refractivity contribution in [2.75, 3.05) is 7.05 Å². The van der Waals surface area contributed by atoms with Crippen LogP contribution in [0.3, 0.4) is 0 Å². The van der Waals surface area contributed by atoms with Crippen molar-refractivity contribution in [3.63, 3.8) is 0 Å². The van der Waals surface area contributed by atoms with Gasteiger partial charge in [-0.05, 0) is 31.2 Å². The molecule has 1 aliphatic carbocycles. The van der Waals surface area contributed by atoms with Crippen molar-refractivity contribution in [2.45, 2.75) is 24.5 Å². The Morgan fingerprint density at radius 1 is 1.26 bits per heavy atom. The molecule has 2 atom stereocenters. The Morgan fingerprint density at radius 3 is 2.66 bits per heavy atom. The molecule has 0 radical (unpaired) electrons. The number of rotatable bonds is 5. The summed E-state index contributed by atoms with van der Waals surface area (Å²) in [5, 5.41) is 43.8. The van der Waals surface area contributed by atoms with Gasteiger partial charge >= 0.3 is 6.10 Å². The fraction of sp³-hybridized carbons (Fsp3) is 0.208. The minimum absolute atomic E-state index is 0.175. The van der Waals surface area contributed by atoms with E-state index in [2.05, 4.69) is 21.1 Å². The zero-order valence-corrected chi connectivity index (χ0v) is 18.4. The number of benzene rings is 1. The Hall–Kier alpha value is -4.08. The molecule has 5 rings (SSSR count). The number of carbonyl (C=O) groups is 1. The highest BCUT2D eigenvalue weighted by atomic mass is 19.1. The van der Waals surface area contributed by atoms with Crippen LogP contribution in [0.25, 0.3) is 16.6 Å². The largest absolute Gasteiger partial charge is 0.346 e. The van der Waals surface area contributed by atoms with E-state index in [-0.39, 0.29) is 17.5 Å². The average Bonchev–Trinajstić information content (AvgIpc) is 3.39. The number of aromatic nitrogens is 4. The van der Waals surface area contributed by atoms with E-state index in [1.165, 1.54) is 36.5 Å². The van der Waals surface area contributed by atoms with Gasteiger partial charge in [0.2, 0.25) is 0 Å². The highest BCUT2D eigenvalue weighted by Crippen LogP contribution is 2.50. The molecular formula is C24H19FN6O4. The van der Waals surface area contributed by atoms with E-state index < -0.39 is 23.9 Å². The van der Waals surface area contributed by atoms with Gasteiger partial charge in [-0.25, -0.2) is 23.8 Å². The van der Waals surface area contributed by atoms with Crippen LogP contribution in [0.1, 0.15) is 51.1 Å². The standard InChI is InChI=1S/C24H19FN6O4/c1-30(24(33,34)35)20-6-17(21-13(7-26)3-2-4-14(21)11-32)22-19-5-16(15-8-27-12-28-9-15)18(25)10-31(19)29-23(20)22/h2-5,8-12,17,20,33-35H,6H2,1H3. The SMILES string of the molecule is CN(C1CC(c2c(C#N)cccc2C=O)c2c1nn1cc(F)c(-c3cncnc3)cc21)C(O)(O)O. The van der Waals surface area contributed by atoms with Gasteiger partial charge in [-0.1, -0.05) is 12.1 Å². The van der Waals surface area contributed by atoms with Gasteiger partial charge in [0.25, 0.3) is 0 Å². The molecule has 0 spiro atoms. The van der Waals surface area contributed by atoms with Crippen molar-refractivity contribution in [3.8, 4) is 17.2 Å². The molecule has 0 amide bonds. The summed E-state index contributed by atoms with van der Waals surface area (Å²) in [5.41, 5.74) is 3.10. The van der Waals surface area contributed by atoms with Gasteiger partial charge in [0.05, 0.1) is 35.1 Å². The second-order valence-electron chi connectivity index (χ2n) is 8.34. The zero-order chi connectivity index (χ0) is 24.9. The predicted molar refractivity (Wildman–Crippen MR) is 119 cm³/mol. The summed E-state index contributed by atoms with van der Waals surface area (Å²) >= 11 is 0. The first kappa shape index (κ1) is 22.7. The van der Waals surface area contributed by atoms with Gasteiger partial charge in [0.15, 0.2) is 0 Å². The van der Waals surface area contributed by atoms with E-state index >= 15 is 4.39 Å². The van der Waals surface area contributed by atoms with E-state index in [1.54, 1.807) is 24.3 Å². The fourth-order valence-corrected chi connectivity index (χ4v) is 4.80. The lowest BCUT2D eigenvalue weighted by atomic mass is 9.86. The first-order valence-corrected chi connectivity index (χ1v) is 10.6. The van der Waals surface area contributed by atoms with E-state index in [0.29, 0.717) is 39.8 Å². The summed E-state index contributed by atoms with van der Waals surface area (Å²) < 4.78 is 16.4. The number of nitriles is 1. The van der Waals surface area contributed by atoms with Gasteiger partial charge < -0.3 is 15.3 Å². The Kier molecular flexibility index (Phi) is 5.38. The van der Waals surface area contributed by atoms with E-state index in [4.69, 9.17) is 0 Å². The predicted octanol–water partition coefficient (Wildman–Crippen LogP) is 1.71. The molecule has 1 aliphatic rings. The minimum Gasteiger partial charge on any atom is -0.330 e. The summed E-state index contributed by atoms with van der Waals surface area (Å²) in [4.78, 5) is 20.7. The maximum absolute atomic E-state index is 15.0. The number of halogens is 1. The number of aldehydes is 1. The van der Waals surface area contributed by atoms with Crippen molar-refractivity contribution >= 4 is 11.8 Å². The molecule has 1 aromatic carbocycles. The Labute approximate surface area is 198 Å². The number of fused-ring (bicyclic) bond motifs is 3. The van der Waals surface area contributed by atoms with Crippen molar-refractivity contribution in [2.24, 2.45) is 0 Å². The molecule has 0 bridgehead atoms. The molecule has 2 unspecified atom stereocenters. The lowest BCUT2D eigenvalue weighted by molar-refractivity contribution is -0.396. The molecule has 0 fully saturated rings. The molecule has 0 saturated heterocycles. The highest BCUT2D eigenvalue weighted by molar-refractivity contribution is 5.81. The van der Waals surface area contributed by atoms with Crippen LogP contribution in [-0.4, -0.2) is 59.2 Å². The fourth-order valence-electron chi connectivity index (χ4n) is 4.80. The van der Waals surface area contributed by atoms with Gasteiger partial charge in [-0.3, -0.25) is 4.79 Å². The third-order valence-electron chi connectivity index (χ3n) is 6.46. The molecule has 176 valence electrons. The van der Waals surface area contributed by atoms with Crippen LogP contribution < -0.4 is 0 Å². The molecule has 35 heavy (non-hydrogen) atoms. The third kappa shape index (κ3) is 3.65. The summed E-state index contributed by atoms with van der Waals surface area (Å²) in [6.07, 6.45) is 3.13. The van der Waals surface area contributed by atoms with Crippen LogP contribution in [0.2, 0.25) is 0 Å². The maximum Gasteiger partial charge on any atom is 0.346 e. The number of aliphatic hydroxyl groups is 3. The molecule has 11 heteroatoms. The third-order valence-corrected chi connectivity index (χ3v) is 6.46. The Bertz CT molecular complexity index is 1490. The first-order valence-electron chi connectivity index (χ1n) is 10.6. The van der Waals surface area contributed by atoms with Gasteiger partial charge in [0, 0.05) is 40.6 Å². The van der Waals surface area contributed by atoms with Gasteiger partial charge in [0.1, 0.15) is 18.4 Å². The summed E-state index contributed by atoms with van der Waals surface area (Å²) in [6, 6.07) is 7.65. The zero-order valence-electron chi connectivity index (χ0n) is 18.4. The van der Waals surface area contributed by atoms with Crippen LogP contribution in [-0.2, 0) is 0 Å². The molecule has 3 aromatic heterocycles. The average molecular weight is 474 g/mol. The number of carbonyl (C=O) groups excluding carboxylic acids is 1. The van der Waals surface area contributed by atoms with E-state index in [1.807, 2.05) is 0 Å². The first-order chi connectivity index (χ1) is 16.7. The quantitative estimate of drug-likeness (QED) is 0.290. The number of pyridine rings is 1. The van der Waals surface area contributed by atoms with Crippen LogP contribution in [0.5, 0.6) is 0 Å². The van der Waals surface area contributed by atoms with Crippen LogP contribution in [0, 0.1) is 17.1 Å². The van der Waals surface area contributed by atoms with Gasteiger partial charge in [-0.15, -0.1) is 0 Å². The lowest BCUT2D eigenvalue weighted by Gasteiger charge is -2.31. The molecule has 0 aliphatic heterocycles. The molecular weight excluding hydrogens is 455 g/mol. The monoisotopic (exact) mass is 474 g/mol. The normalized spacial score (nSPS) is 17.5. The Balaban J connectivity index is 1.80. The number of hydrogen-bond donors (Lipinski definition) is 3. The molecule has 3 N–H and O–H groups in total. The second-order valence-corrected chi connectivity index (χ2v) is 8.34. The van der Waals surface area contributed by atoms with Crippen LogP contribution in [0.4, 0.5) is 4.39 Å².